The molecule has 1 aromatic carbocycles. The summed E-state index contributed by atoms with van der Waals surface area (Å²) in [5.74, 6) is 0.0511. The molecule has 1 N–H and O–H groups in total. The summed E-state index contributed by atoms with van der Waals surface area (Å²) in [6.07, 6.45) is 2.61. The van der Waals surface area contributed by atoms with Gasteiger partial charge in [0.15, 0.2) is 0 Å². The van der Waals surface area contributed by atoms with Crippen LogP contribution in [0.15, 0.2) is 24.3 Å². The van der Waals surface area contributed by atoms with Crippen molar-refractivity contribution < 1.29 is 14.7 Å². The summed E-state index contributed by atoms with van der Waals surface area (Å²) < 4.78 is 0. The van der Waals surface area contributed by atoms with Crippen molar-refractivity contribution >= 4 is 17.5 Å². The third kappa shape index (κ3) is 2.93. The van der Waals surface area contributed by atoms with Gasteiger partial charge in [0.2, 0.25) is 5.91 Å². The van der Waals surface area contributed by atoms with Crippen LogP contribution >= 0.6 is 0 Å². The van der Waals surface area contributed by atoms with Crippen LogP contribution in [0.4, 0.5) is 5.69 Å². The van der Waals surface area contributed by atoms with E-state index in [1.54, 1.807) is 21.9 Å². The van der Waals surface area contributed by atoms with Crippen LogP contribution in [0.3, 0.4) is 0 Å². The van der Waals surface area contributed by atoms with Gasteiger partial charge in [0.25, 0.3) is 5.91 Å². The van der Waals surface area contributed by atoms with Crippen molar-refractivity contribution in [3.63, 3.8) is 0 Å². The lowest BCUT2D eigenvalue weighted by Gasteiger charge is -2.30. The number of carbonyl (C=O) groups excluding carboxylic acids is 2. The Morgan fingerprint density at radius 2 is 2.10 bits per heavy atom. The molecule has 0 radical (unpaired) electrons. The van der Waals surface area contributed by atoms with Gasteiger partial charge >= 0.3 is 0 Å². The number of nitrogens with zero attached hydrogens (tertiary/aromatic N) is 2. The van der Waals surface area contributed by atoms with Crippen LogP contribution in [-0.2, 0) is 4.79 Å². The fraction of sp³-hybridized carbons (Fsp3) is 0.500. The molecule has 0 bridgehead atoms. The summed E-state index contributed by atoms with van der Waals surface area (Å²) in [6, 6.07) is 7.24. The molecule has 1 unspecified atom stereocenters. The van der Waals surface area contributed by atoms with Gasteiger partial charge < -0.3 is 14.9 Å². The van der Waals surface area contributed by atoms with E-state index in [9.17, 15) is 14.7 Å². The summed E-state index contributed by atoms with van der Waals surface area (Å²) in [5, 5.41) is 9.69. The van der Waals surface area contributed by atoms with E-state index in [2.05, 4.69) is 0 Å². The quantitative estimate of drug-likeness (QED) is 0.895. The first-order valence-electron chi connectivity index (χ1n) is 7.53. The van der Waals surface area contributed by atoms with Gasteiger partial charge in [-0.1, -0.05) is 6.07 Å². The van der Waals surface area contributed by atoms with Gasteiger partial charge in [0, 0.05) is 37.3 Å². The summed E-state index contributed by atoms with van der Waals surface area (Å²) in [6.45, 7) is 1.80. The number of piperidine rings is 1. The van der Waals surface area contributed by atoms with Crippen LogP contribution in [0.1, 0.15) is 36.0 Å². The lowest BCUT2D eigenvalue weighted by Crippen LogP contribution is -2.42. The monoisotopic (exact) mass is 288 g/mol. The zero-order chi connectivity index (χ0) is 14.8. The topological polar surface area (TPSA) is 60.9 Å². The predicted octanol–water partition coefficient (Wildman–Crippen LogP) is 1.41. The van der Waals surface area contributed by atoms with Crippen molar-refractivity contribution in [3.8, 4) is 0 Å². The first kappa shape index (κ1) is 14.1. The Kier molecular flexibility index (Phi) is 3.92. The Morgan fingerprint density at radius 3 is 2.81 bits per heavy atom. The summed E-state index contributed by atoms with van der Waals surface area (Å²) in [7, 11) is 0. The SMILES string of the molecule is O=C(c1cccc(N2CCCC2=O)c1)N1CCCC(O)C1. The molecular weight excluding hydrogens is 268 g/mol. The molecule has 0 spiro atoms. The molecule has 0 aromatic heterocycles. The van der Waals surface area contributed by atoms with Crippen molar-refractivity contribution in [1.29, 1.82) is 0 Å². The third-order valence-electron chi connectivity index (χ3n) is 4.16. The van der Waals surface area contributed by atoms with Gasteiger partial charge in [-0.15, -0.1) is 0 Å². The zero-order valence-corrected chi connectivity index (χ0v) is 12.0. The zero-order valence-electron chi connectivity index (χ0n) is 12.0. The number of β-amino-alcohol motifs (C(OH)–C–C–N with tert-alkyl or cyclic N) is 1. The minimum atomic E-state index is -0.425. The molecule has 2 saturated heterocycles. The van der Waals surface area contributed by atoms with E-state index in [4.69, 9.17) is 0 Å². The molecule has 1 aromatic rings. The number of aliphatic hydroxyl groups excluding tert-OH is 1. The molecule has 1 atom stereocenters. The van der Waals surface area contributed by atoms with Crippen LogP contribution in [0.2, 0.25) is 0 Å². The highest BCUT2D eigenvalue weighted by Gasteiger charge is 2.25. The molecule has 5 heteroatoms. The van der Waals surface area contributed by atoms with Gasteiger partial charge in [-0.3, -0.25) is 9.59 Å². The predicted molar refractivity (Wildman–Crippen MR) is 79.2 cm³/mol. The van der Waals surface area contributed by atoms with Gasteiger partial charge in [-0.25, -0.2) is 0 Å². The van der Waals surface area contributed by atoms with Gasteiger partial charge in [-0.2, -0.15) is 0 Å². The van der Waals surface area contributed by atoms with E-state index in [0.29, 0.717) is 25.1 Å². The maximum absolute atomic E-state index is 12.5. The Labute approximate surface area is 124 Å². The van der Waals surface area contributed by atoms with Gasteiger partial charge in [0.05, 0.1) is 6.10 Å². The summed E-state index contributed by atoms with van der Waals surface area (Å²) >= 11 is 0. The molecule has 0 saturated carbocycles. The second-order valence-corrected chi connectivity index (χ2v) is 5.75. The molecule has 3 rings (SSSR count). The Bertz CT molecular complexity index is 558. The number of carbonyl (C=O) groups is 2. The van der Waals surface area contributed by atoms with Crippen LogP contribution in [-0.4, -0.2) is 47.6 Å². The maximum atomic E-state index is 12.5. The number of hydrogen-bond donors (Lipinski definition) is 1. The lowest BCUT2D eigenvalue weighted by atomic mass is 10.1. The number of rotatable bonds is 2. The number of aliphatic hydroxyl groups is 1. The van der Waals surface area contributed by atoms with Crippen LogP contribution in [0, 0.1) is 0 Å². The molecule has 5 nitrogen and oxygen atoms in total. The van der Waals surface area contributed by atoms with Crippen LogP contribution in [0.5, 0.6) is 0 Å². The number of benzene rings is 1. The fourth-order valence-corrected chi connectivity index (χ4v) is 3.05. The Morgan fingerprint density at radius 1 is 1.24 bits per heavy atom. The number of anilines is 1. The molecule has 112 valence electrons. The lowest BCUT2D eigenvalue weighted by molar-refractivity contribution is -0.117. The highest BCUT2D eigenvalue weighted by atomic mass is 16.3. The van der Waals surface area contributed by atoms with Crippen LogP contribution in [0.25, 0.3) is 0 Å². The minimum Gasteiger partial charge on any atom is -0.391 e. The van der Waals surface area contributed by atoms with Crippen LogP contribution < -0.4 is 4.90 Å². The van der Waals surface area contributed by atoms with E-state index < -0.39 is 6.10 Å². The second kappa shape index (κ2) is 5.85. The molecule has 2 aliphatic rings. The highest BCUT2D eigenvalue weighted by molar-refractivity contribution is 5.99. The average molecular weight is 288 g/mol. The van der Waals surface area contributed by atoms with Crippen molar-refractivity contribution in [2.45, 2.75) is 31.8 Å². The van der Waals surface area contributed by atoms with Crippen molar-refractivity contribution in [2.24, 2.45) is 0 Å². The maximum Gasteiger partial charge on any atom is 0.254 e. The molecule has 2 heterocycles. The number of amides is 2. The molecule has 21 heavy (non-hydrogen) atoms. The third-order valence-corrected chi connectivity index (χ3v) is 4.16. The van der Waals surface area contributed by atoms with Gasteiger partial charge in [0.1, 0.15) is 0 Å². The Hall–Kier alpha value is -1.88. The molecule has 0 aliphatic carbocycles. The average Bonchev–Trinajstić information content (AvgIpc) is 2.93. The standard InChI is InChI=1S/C16H20N2O3/c19-14-6-2-8-17(11-14)16(21)12-4-1-5-13(10-12)18-9-3-7-15(18)20/h1,4-5,10,14,19H,2-3,6-9,11H2. The van der Waals surface area contributed by atoms with E-state index >= 15 is 0 Å². The summed E-state index contributed by atoms with van der Waals surface area (Å²) in [5.41, 5.74) is 1.38. The number of likely N-dealkylation sites (tertiary alicyclic amines) is 1. The molecule has 2 amide bonds. The van der Waals surface area contributed by atoms with Crippen molar-refractivity contribution in [3.05, 3.63) is 29.8 Å². The first-order valence-corrected chi connectivity index (χ1v) is 7.53. The highest BCUT2D eigenvalue weighted by Crippen LogP contribution is 2.23. The normalized spacial score (nSPS) is 22.7. The van der Waals surface area contributed by atoms with E-state index in [1.807, 2.05) is 12.1 Å². The smallest absolute Gasteiger partial charge is 0.254 e. The minimum absolute atomic E-state index is 0.0674. The molecular formula is C16H20N2O3. The summed E-state index contributed by atoms with van der Waals surface area (Å²) in [4.78, 5) is 27.7. The van der Waals surface area contributed by atoms with E-state index in [-0.39, 0.29) is 11.8 Å². The molecule has 2 fully saturated rings. The Balaban J connectivity index is 1.79. The first-order chi connectivity index (χ1) is 10.1. The number of hydrogen-bond acceptors (Lipinski definition) is 3. The fourth-order valence-electron chi connectivity index (χ4n) is 3.05. The van der Waals surface area contributed by atoms with E-state index in [1.165, 1.54) is 0 Å². The van der Waals surface area contributed by atoms with Gasteiger partial charge in [-0.05, 0) is 37.5 Å². The molecule has 2 aliphatic heterocycles. The van der Waals surface area contributed by atoms with Crippen molar-refractivity contribution in [1.82, 2.24) is 4.90 Å². The van der Waals surface area contributed by atoms with Crippen molar-refractivity contribution in [2.75, 3.05) is 24.5 Å². The largest absolute Gasteiger partial charge is 0.391 e. The second-order valence-electron chi connectivity index (χ2n) is 5.75. The van der Waals surface area contributed by atoms with E-state index in [0.717, 1.165) is 31.5 Å².